The lowest BCUT2D eigenvalue weighted by Crippen LogP contribution is -2.62. The van der Waals surface area contributed by atoms with Gasteiger partial charge in [-0.15, -0.1) is 0 Å². The standard InChI is InChI=1S/C42H61N5O14Si3.C29H47N5O12Si/c1-27(2)38(51)45-41-44-37-33(39(52)46-41)43-26-47(37)40-35(59-42(55-23-21-53-28(3)48)56-24-22-54-29(4)49)34(50)32(58-40)25-57-64(60-62(5,6)7,61-63(8,9)10)36(30-17-13-11-14-18-30)31-19-15-12-16-20-31;1-16(2)24(38)32-27-31-23-20(25(39)33-27)30-15-34(23)26-22(21(19(14-35)44-26)46-47(8,9)29(5,6)7)45-28(42-12-10-40-17(3)36)43-13-11-41-18(4)37/h11-20,26-27,32,34-36,40,42,50H,21-25H2,1-10H3,(H2,44,45,46,51,52);15-16,19,21-22,26,28,35H,10-14H2,1-9H3,(H2,31,32,33,38,39)/t32-,34+,35?,40-;19-,21+,22?,26-/m11/s1. The smallest absolute Gasteiger partial charge is 0.463 e. The van der Waals surface area contributed by atoms with Crippen LogP contribution in [0.1, 0.15) is 105 Å². The molecule has 0 radical (unpaired) electrons. The molecule has 8 rings (SSSR count). The molecule has 8 atom stereocenters. The quantitative estimate of drug-likeness (QED) is 0.00772. The number of esters is 4. The van der Waals surface area contributed by atoms with Crippen LogP contribution in [0.25, 0.3) is 22.3 Å². The van der Waals surface area contributed by atoms with Crippen molar-refractivity contribution in [2.45, 2.75) is 201 Å². The first-order valence-electron chi connectivity index (χ1n) is 36.4. The summed E-state index contributed by atoms with van der Waals surface area (Å²) in [5.41, 5.74) is 0.0669. The van der Waals surface area contributed by atoms with Gasteiger partial charge in [0.1, 0.15) is 63.1 Å². The van der Waals surface area contributed by atoms with Crippen molar-refractivity contribution in [3.8, 4) is 0 Å². The van der Waals surface area contributed by atoms with Crippen molar-refractivity contribution in [3.63, 3.8) is 0 Å². The van der Waals surface area contributed by atoms with Crippen LogP contribution in [0.4, 0.5) is 11.9 Å². The summed E-state index contributed by atoms with van der Waals surface area (Å²) < 4.78 is 100. The van der Waals surface area contributed by atoms with Gasteiger partial charge in [-0.05, 0) is 68.5 Å². The van der Waals surface area contributed by atoms with E-state index in [-0.39, 0.29) is 111 Å². The molecule has 2 amide bonds. The van der Waals surface area contributed by atoms with Crippen LogP contribution in [0.2, 0.25) is 57.4 Å². The molecule has 111 heavy (non-hydrogen) atoms. The molecule has 2 aromatic carbocycles. The lowest BCUT2D eigenvalue weighted by atomic mass is 10.0. The SMILES string of the molecule is CC(=O)OCCOC(OCCOC(C)=O)OC1[C@@H](O)[C@@H](CO[Si](O[Si](C)(C)C)(O[Si](C)(C)C)C(c2ccccc2)c2ccccc2)O[C@H]1n1cnc2c(=O)[nH]c(NC(=O)C(C)C)nc21.CC(=O)OCCOC(OCCOC(C)=O)OC1[C@@H](O[Si](C)(C)C(C)(C)C)[C@@H](CO)O[C@H]1n1cnc2c(=O)[nH]c(NC(=O)C(C)C)nc21. The van der Waals surface area contributed by atoms with Gasteiger partial charge in [0.05, 0.1) is 57.8 Å². The van der Waals surface area contributed by atoms with E-state index in [1.54, 1.807) is 27.7 Å². The van der Waals surface area contributed by atoms with Gasteiger partial charge in [0.25, 0.3) is 24.1 Å². The molecule has 40 heteroatoms. The molecule has 36 nitrogen and oxygen atoms in total. The third-order valence-electron chi connectivity index (χ3n) is 17.0. The summed E-state index contributed by atoms with van der Waals surface area (Å²) in [4.78, 5) is 119. The average Bonchev–Trinajstić information content (AvgIpc) is 1.70. The number of H-pyrrole nitrogens is 2. The van der Waals surface area contributed by atoms with E-state index in [2.05, 4.69) is 101 Å². The largest absolute Gasteiger partial charge is 0.492 e. The second kappa shape index (κ2) is 40.3. The van der Waals surface area contributed by atoms with Crippen molar-refractivity contribution in [1.82, 2.24) is 39.0 Å². The number of aliphatic hydroxyl groups is 2. The van der Waals surface area contributed by atoms with E-state index in [1.807, 2.05) is 73.8 Å². The molecular weight excluding hydrogens is 1520 g/mol. The number of aromatic nitrogens is 8. The van der Waals surface area contributed by atoms with Gasteiger partial charge in [0.2, 0.25) is 23.7 Å². The van der Waals surface area contributed by atoms with Crippen LogP contribution in [0.3, 0.4) is 0 Å². The number of carbonyl (C=O) groups excluding carboxylic acids is 6. The number of hydrogen-bond acceptors (Lipinski definition) is 30. The number of nitrogens with zero attached hydrogens (tertiary/aromatic N) is 6. The maximum absolute atomic E-state index is 13.3. The van der Waals surface area contributed by atoms with Gasteiger partial charge >= 0.3 is 32.7 Å². The van der Waals surface area contributed by atoms with Crippen LogP contribution >= 0.6 is 0 Å². The van der Waals surface area contributed by atoms with E-state index in [0.29, 0.717) is 0 Å². The van der Waals surface area contributed by atoms with Gasteiger partial charge < -0.3 is 84.1 Å². The highest BCUT2D eigenvalue weighted by Crippen LogP contribution is 2.45. The molecule has 6 aromatic rings. The molecular formula is C71H108N10O26Si4. The molecule has 6 heterocycles. The second-order valence-electron chi connectivity index (χ2n) is 30.1. The Morgan fingerprint density at radius 3 is 1.27 bits per heavy atom. The van der Waals surface area contributed by atoms with E-state index in [1.165, 1.54) is 49.5 Å². The summed E-state index contributed by atoms with van der Waals surface area (Å²) in [6.45, 7) is 29.7. The third kappa shape index (κ3) is 26.2. The highest BCUT2D eigenvalue weighted by atomic mass is 28.5. The molecule has 614 valence electrons. The number of rotatable bonds is 39. The maximum Gasteiger partial charge on any atom is 0.492 e. The minimum atomic E-state index is -3.92. The number of aromatic amines is 2. The fraction of sp³-hybridized carbons (Fsp3) is 0.606. The predicted octanol–water partition coefficient (Wildman–Crippen LogP) is 6.65. The number of fused-ring (bicyclic) bond motifs is 2. The zero-order valence-electron chi connectivity index (χ0n) is 66.4. The van der Waals surface area contributed by atoms with Gasteiger partial charge in [-0.3, -0.25) is 68.1 Å². The Balaban J connectivity index is 0.000000324. The normalized spacial score (nSPS) is 19.1. The van der Waals surface area contributed by atoms with Crippen molar-refractivity contribution in [1.29, 1.82) is 0 Å². The summed E-state index contributed by atoms with van der Waals surface area (Å²) >= 11 is 0. The van der Waals surface area contributed by atoms with E-state index in [0.717, 1.165) is 11.1 Å². The highest BCUT2D eigenvalue weighted by Gasteiger charge is 2.58. The van der Waals surface area contributed by atoms with Crippen LogP contribution in [0.5, 0.6) is 0 Å². The van der Waals surface area contributed by atoms with E-state index < -0.39 is 155 Å². The summed E-state index contributed by atoms with van der Waals surface area (Å²) in [5.74, 6) is -3.85. The number of aliphatic hydroxyl groups excluding tert-OH is 2. The van der Waals surface area contributed by atoms with Crippen molar-refractivity contribution < 1.29 is 113 Å². The lowest BCUT2D eigenvalue weighted by Gasteiger charge is -2.44. The molecule has 2 fully saturated rings. The molecule has 0 saturated carbocycles. The van der Waals surface area contributed by atoms with Crippen LogP contribution < -0.4 is 21.8 Å². The molecule has 2 aliphatic rings. The van der Waals surface area contributed by atoms with Gasteiger partial charge in [-0.1, -0.05) is 109 Å². The molecule has 2 saturated heterocycles. The van der Waals surface area contributed by atoms with Gasteiger partial charge in [0.15, 0.2) is 59.7 Å². The Labute approximate surface area is 647 Å². The topological polar surface area (TPSA) is 442 Å². The number of carbonyl (C=O) groups is 6. The zero-order chi connectivity index (χ0) is 81.9. The van der Waals surface area contributed by atoms with Crippen molar-refractivity contribution in [2.24, 2.45) is 11.8 Å². The number of nitrogens with one attached hydrogen (secondary N) is 4. The van der Waals surface area contributed by atoms with Gasteiger partial charge in [-0.25, -0.2) is 9.97 Å². The first kappa shape index (κ1) is 90.5. The zero-order valence-corrected chi connectivity index (χ0v) is 70.4. The summed E-state index contributed by atoms with van der Waals surface area (Å²) in [7, 11) is -11.4. The number of imidazole rings is 2. The molecule has 0 bridgehead atoms. The Morgan fingerprint density at radius 2 is 0.919 bits per heavy atom. The van der Waals surface area contributed by atoms with Gasteiger partial charge in [-0.2, -0.15) is 9.97 Å². The average molecular weight is 1630 g/mol. The summed E-state index contributed by atoms with van der Waals surface area (Å²) in [6.07, 6.45) is -6.54. The first-order valence-corrected chi connectivity index (χ1v) is 47.9. The van der Waals surface area contributed by atoms with Crippen LogP contribution in [0.15, 0.2) is 82.9 Å². The minimum absolute atomic E-state index is 0.000601. The fourth-order valence-electron chi connectivity index (χ4n) is 11.0. The Kier molecular flexibility index (Phi) is 32.9. The summed E-state index contributed by atoms with van der Waals surface area (Å²) in [5, 5.41) is 27.8. The minimum Gasteiger partial charge on any atom is -0.463 e. The third-order valence-corrected chi connectivity index (χ3v) is 30.6. The number of benzene rings is 2. The van der Waals surface area contributed by atoms with Crippen LogP contribution in [-0.2, 0) is 103 Å². The molecule has 2 aliphatic heterocycles. The van der Waals surface area contributed by atoms with E-state index in [9.17, 15) is 48.6 Å². The molecule has 0 aliphatic carbocycles. The highest BCUT2D eigenvalue weighted by molar-refractivity contribution is 6.86. The van der Waals surface area contributed by atoms with Crippen molar-refractivity contribution in [3.05, 3.63) is 105 Å². The Morgan fingerprint density at radius 1 is 0.550 bits per heavy atom. The molecule has 2 unspecified atom stereocenters. The van der Waals surface area contributed by atoms with E-state index in [4.69, 9.17) is 73.9 Å². The van der Waals surface area contributed by atoms with Crippen LogP contribution in [-0.4, -0.2) is 234 Å². The maximum atomic E-state index is 13.3. The first-order chi connectivity index (χ1) is 52.1. The predicted molar refractivity (Wildman–Crippen MR) is 409 cm³/mol. The second-order valence-corrected chi connectivity index (χ2v) is 47.0. The molecule has 0 spiro atoms. The van der Waals surface area contributed by atoms with Crippen molar-refractivity contribution >= 4 is 104 Å². The summed E-state index contributed by atoms with van der Waals surface area (Å²) in [6, 6.07) is 19.8. The lowest BCUT2D eigenvalue weighted by molar-refractivity contribution is -0.320. The van der Waals surface area contributed by atoms with E-state index >= 15 is 0 Å². The van der Waals surface area contributed by atoms with Crippen LogP contribution in [0, 0.1) is 11.8 Å². The van der Waals surface area contributed by atoms with Crippen molar-refractivity contribution in [2.75, 3.05) is 76.7 Å². The monoisotopic (exact) mass is 1630 g/mol. The number of ether oxygens (including phenoxy) is 12. The number of hydrogen-bond donors (Lipinski definition) is 6. The van der Waals surface area contributed by atoms with Gasteiger partial charge in [0, 0.05) is 39.5 Å². The molecule has 6 N–H and O–H groups in total. The number of anilines is 2. The fourth-order valence-corrected chi connectivity index (χ4v) is 22.9. The Hall–Kier alpha value is -7.73. The Bertz CT molecular complexity index is 4070. The number of amides is 2. The molecule has 4 aromatic heterocycles.